The summed E-state index contributed by atoms with van der Waals surface area (Å²) in [4.78, 5) is 22.2. The molecule has 0 spiro atoms. The molecule has 6 nitrogen and oxygen atoms in total. The number of anilines is 2. The second-order valence-corrected chi connectivity index (χ2v) is 8.82. The van der Waals surface area contributed by atoms with Gasteiger partial charge in [-0.15, -0.1) is 11.3 Å². The molecule has 2 aromatic heterocycles. The van der Waals surface area contributed by atoms with Crippen LogP contribution in [0.1, 0.15) is 32.8 Å². The largest absolute Gasteiger partial charge is 0.390 e. The van der Waals surface area contributed by atoms with E-state index >= 15 is 0 Å². The van der Waals surface area contributed by atoms with Crippen molar-refractivity contribution >= 4 is 45.9 Å². The number of benzene rings is 1. The van der Waals surface area contributed by atoms with Crippen molar-refractivity contribution in [2.45, 2.75) is 26.1 Å². The molecular weight excluding hydrogens is 439 g/mol. The van der Waals surface area contributed by atoms with Crippen molar-refractivity contribution in [3.05, 3.63) is 74.7 Å². The van der Waals surface area contributed by atoms with Crippen molar-refractivity contribution in [3.8, 4) is 0 Å². The molecule has 31 heavy (non-hydrogen) atoms. The Hall–Kier alpha value is -2.97. The van der Waals surface area contributed by atoms with E-state index in [0.717, 1.165) is 22.5 Å². The lowest BCUT2D eigenvalue weighted by Crippen LogP contribution is -2.31. The number of halogens is 2. The highest BCUT2D eigenvalue weighted by molar-refractivity contribution is 7.18. The molecule has 0 aliphatic carbocycles. The number of aryl methyl sites for hydroxylation is 1. The van der Waals surface area contributed by atoms with Crippen LogP contribution in [-0.4, -0.2) is 29.3 Å². The van der Waals surface area contributed by atoms with Crippen molar-refractivity contribution in [2.24, 2.45) is 5.16 Å². The summed E-state index contributed by atoms with van der Waals surface area (Å²) < 4.78 is 13.7. The summed E-state index contributed by atoms with van der Waals surface area (Å²) in [7, 11) is 0. The van der Waals surface area contributed by atoms with Crippen LogP contribution in [0.5, 0.6) is 0 Å². The van der Waals surface area contributed by atoms with Crippen LogP contribution in [0.3, 0.4) is 0 Å². The summed E-state index contributed by atoms with van der Waals surface area (Å²) in [6.45, 7) is 1.75. The zero-order valence-electron chi connectivity index (χ0n) is 16.7. The van der Waals surface area contributed by atoms with Gasteiger partial charge in [-0.1, -0.05) is 22.8 Å². The number of rotatable bonds is 7. The van der Waals surface area contributed by atoms with Crippen LogP contribution in [0.25, 0.3) is 0 Å². The molecule has 0 saturated heterocycles. The van der Waals surface area contributed by atoms with Crippen LogP contribution >= 0.6 is 22.9 Å². The zero-order valence-corrected chi connectivity index (χ0v) is 18.3. The van der Waals surface area contributed by atoms with Crippen molar-refractivity contribution < 1.29 is 14.0 Å². The Kier molecular flexibility index (Phi) is 6.48. The first-order valence-corrected chi connectivity index (χ1v) is 10.9. The van der Waals surface area contributed by atoms with E-state index in [9.17, 15) is 9.18 Å². The predicted molar refractivity (Wildman–Crippen MR) is 121 cm³/mol. The van der Waals surface area contributed by atoms with Crippen molar-refractivity contribution in [1.29, 1.82) is 0 Å². The molecule has 3 heterocycles. The monoisotopic (exact) mass is 458 g/mol. The number of nitrogens with zero attached hydrogens (tertiary/aromatic N) is 2. The average molecular weight is 459 g/mol. The van der Waals surface area contributed by atoms with Crippen LogP contribution in [0.15, 0.2) is 53.9 Å². The highest BCUT2D eigenvalue weighted by Crippen LogP contribution is 2.26. The lowest BCUT2D eigenvalue weighted by molar-refractivity contribution is 0.0755. The van der Waals surface area contributed by atoms with Gasteiger partial charge in [-0.25, -0.2) is 4.39 Å². The van der Waals surface area contributed by atoms with Gasteiger partial charge in [0.05, 0.1) is 21.5 Å². The summed E-state index contributed by atoms with van der Waals surface area (Å²) in [5.74, 6) is -0.177. The summed E-state index contributed by atoms with van der Waals surface area (Å²) >= 11 is 7.11. The van der Waals surface area contributed by atoms with E-state index in [1.807, 2.05) is 25.1 Å². The first-order chi connectivity index (χ1) is 15.0. The molecule has 160 valence electrons. The number of thiophene rings is 1. The number of carbonyl (C=O) groups is 1. The Bertz CT molecular complexity index is 1130. The molecule has 1 atom stereocenters. The van der Waals surface area contributed by atoms with Crippen molar-refractivity contribution in [1.82, 2.24) is 10.3 Å². The molecule has 0 bridgehead atoms. The summed E-state index contributed by atoms with van der Waals surface area (Å²) in [5.41, 5.74) is 4.84. The predicted octanol–water partition coefficient (Wildman–Crippen LogP) is 5.24. The van der Waals surface area contributed by atoms with E-state index in [4.69, 9.17) is 16.4 Å². The Balaban J connectivity index is 1.36. The third-order valence-electron chi connectivity index (χ3n) is 4.90. The van der Waals surface area contributed by atoms with E-state index in [1.54, 1.807) is 24.4 Å². The molecular formula is C22H20ClFN4O2S. The quantitative estimate of drug-likeness (QED) is 0.507. The second kappa shape index (κ2) is 9.45. The van der Waals surface area contributed by atoms with E-state index < -0.39 is 6.67 Å². The number of amides is 1. The number of alkyl halides is 1. The highest BCUT2D eigenvalue weighted by Gasteiger charge is 2.23. The molecule has 0 fully saturated rings. The molecule has 1 amide bonds. The van der Waals surface area contributed by atoms with Crippen LogP contribution in [0.4, 0.5) is 15.8 Å². The van der Waals surface area contributed by atoms with Crippen LogP contribution < -0.4 is 10.6 Å². The Morgan fingerprint density at radius 2 is 2.16 bits per heavy atom. The Morgan fingerprint density at radius 1 is 1.29 bits per heavy atom. The summed E-state index contributed by atoms with van der Waals surface area (Å²) in [6, 6.07) is 11.0. The SMILES string of the molecule is Cc1cc(C2=NOC(CNC(=O)c3ccc(Cl)s3)C2)ccc1Nc1ccncc1CF. The number of hydrogen-bond donors (Lipinski definition) is 2. The third-order valence-corrected chi connectivity index (χ3v) is 6.13. The lowest BCUT2D eigenvalue weighted by Gasteiger charge is -2.13. The Labute approximate surface area is 188 Å². The number of pyridine rings is 1. The van der Waals surface area contributed by atoms with Gasteiger partial charge in [0.2, 0.25) is 0 Å². The summed E-state index contributed by atoms with van der Waals surface area (Å²) in [6.07, 6.45) is 3.51. The normalized spacial score (nSPS) is 15.3. The van der Waals surface area contributed by atoms with Gasteiger partial charge in [0, 0.05) is 35.8 Å². The van der Waals surface area contributed by atoms with Crippen LogP contribution in [0.2, 0.25) is 4.34 Å². The van der Waals surface area contributed by atoms with Crippen molar-refractivity contribution in [3.63, 3.8) is 0 Å². The average Bonchev–Trinajstić information content (AvgIpc) is 3.43. The van der Waals surface area contributed by atoms with Gasteiger partial charge in [0.1, 0.15) is 12.8 Å². The maximum absolute atomic E-state index is 13.2. The fourth-order valence-electron chi connectivity index (χ4n) is 3.22. The van der Waals surface area contributed by atoms with Crippen molar-refractivity contribution in [2.75, 3.05) is 11.9 Å². The molecule has 1 aliphatic heterocycles. The molecule has 0 saturated carbocycles. The molecule has 1 aromatic carbocycles. The molecule has 9 heteroatoms. The van der Waals surface area contributed by atoms with Gasteiger partial charge >= 0.3 is 0 Å². The standard InChI is InChI=1S/C22H20ClFN4O2S/c1-13-8-14(2-3-17(13)27-18-6-7-25-11-15(18)10-24)19-9-16(30-28-19)12-26-22(29)20-4-5-21(23)31-20/h2-8,11,16H,9-10,12H2,1H3,(H,25,27)(H,26,29). The number of carbonyl (C=O) groups excluding carboxylic acids is 1. The number of nitrogens with one attached hydrogen (secondary N) is 2. The fraction of sp³-hybridized carbons (Fsp3) is 0.227. The number of aromatic nitrogens is 1. The lowest BCUT2D eigenvalue weighted by atomic mass is 10.0. The minimum absolute atomic E-state index is 0.177. The molecule has 4 rings (SSSR count). The van der Waals surface area contributed by atoms with E-state index in [1.165, 1.54) is 17.5 Å². The first kappa shape index (κ1) is 21.3. The third kappa shape index (κ3) is 5.03. The van der Waals surface area contributed by atoms with Crippen LogP contribution in [0, 0.1) is 6.92 Å². The van der Waals surface area contributed by atoms with Gasteiger partial charge in [-0.3, -0.25) is 9.78 Å². The van der Waals surface area contributed by atoms with Crippen LogP contribution in [-0.2, 0) is 11.5 Å². The minimum atomic E-state index is -0.584. The molecule has 3 aromatic rings. The molecule has 1 unspecified atom stereocenters. The van der Waals surface area contributed by atoms with Gasteiger partial charge in [0.15, 0.2) is 0 Å². The topological polar surface area (TPSA) is 75.6 Å². The van der Waals surface area contributed by atoms with Gasteiger partial charge in [-0.2, -0.15) is 0 Å². The molecule has 2 N–H and O–H groups in total. The highest BCUT2D eigenvalue weighted by atomic mass is 35.5. The maximum atomic E-state index is 13.2. The Morgan fingerprint density at radius 3 is 2.90 bits per heavy atom. The smallest absolute Gasteiger partial charge is 0.261 e. The fourth-order valence-corrected chi connectivity index (χ4v) is 4.18. The van der Waals surface area contributed by atoms with E-state index in [0.29, 0.717) is 33.4 Å². The first-order valence-electron chi connectivity index (χ1n) is 9.66. The van der Waals surface area contributed by atoms with E-state index in [-0.39, 0.29) is 12.0 Å². The zero-order chi connectivity index (χ0) is 21.8. The second-order valence-electron chi connectivity index (χ2n) is 7.10. The van der Waals surface area contributed by atoms with Gasteiger partial charge < -0.3 is 15.5 Å². The summed E-state index contributed by atoms with van der Waals surface area (Å²) in [5, 5.41) is 10.3. The maximum Gasteiger partial charge on any atom is 0.261 e. The molecule has 0 radical (unpaired) electrons. The van der Waals surface area contributed by atoms with E-state index in [2.05, 4.69) is 20.8 Å². The molecule has 1 aliphatic rings. The number of oxime groups is 1. The number of hydrogen-bond acceptors (Lipinski definition) is 6. The van der Waals surface area contributed by atoms with Gasteiger partial charge in [-0.05, 0) is 48.4 Å². The van der Waals surface area contributed by atoms with Gasteiger partial charge in [0.25, 0.3) is 5.91 Å². The minimum Gasteiger partial charge on any atom is -0.390 e.